The van der Waals surface area contributed by atoms with Gasteiger partial charge in [0.25, 0.3) is 5.91 Å². The van der Waals surface area contributed by atoms with Gasteiger partial charge in [0, 0.05) is 15.8 Å². The molecule has 0 unspecified atom stereocenters. The zero-order valence-electron chi connectivity index (χ0n) is 15.3. The number of nitrogens with two attached hydrogens (primary N) is 1. The number of thiazole rings is 1. The Labute approximate surface area is 176 Å². The van der Waals surface area contributed by atoms with E-state index in [2.05, 4.69) is 28.5 Å². The fourth-order valence-electron chi connectivity index (χ4n) is 3.00. The van der Waals surface area contributed by atoms with Crippen LogP contribution in [0, 0.1) is 0 Å². The van der Waals surface area contributed by atoms with Gasteiger partial charge in [0.1, 0.15) is 0 Å². The van der Waals surface area contributed by atoms with Crippen molar-refractivity contribution in [3.8, 4) is 11.3 Å². The monoisotopic (exact) mass is 419 g/mol. The van der Waals surface area contributed by atoms with Crippen LogP contribution in [0.3, 0.4) is 0 Å². The minimum atomic E-state index is -0.426. The van der Waals surface area contributed by atoms with Crippen molar-refractivity contribution in [2.75, 3.05) is 11.1 Å². The van der Waals surface area contributed by atoms with E-state index in [0.717, 1.165) is 22.0 Å². The minimum Gasteiger partial charge on any atom is -0.369 e. The fourth-order valence-corrected chi connectivity index (χ4v) is 4.49. The predicted octanol–water partition coefficient (Wildman–Crippen LogP) is 4.79. The Hall–Kier alpha value is -3.16. The molecule has 5 nitrogen and oxygen atoms in total. The van der Waals surface area contributed by atoms with Crippen LogP contribution in [-0.2, 0) is 4.79 Å². The molecule has 7 heteroatoms. The highest BCUT2D eigenvalue weighted by molar-refractivity contribution is 8.00. The molecule has 0 saturated heterocycles. The van der Waals surface area contributed by atoms with Gasteiger partial charge in [-0.05, 0) is 22.9 Å². The molecule has 0 fully saturated rings. The number of thioether (sulfide) groups is 1. The molecule has 3 N–H and O–H groups in total. The third-order valence-electron chi connectivity index (χ3n) is 4.29. The highest BCUT2D eigenvalue weighted by Gasteiger charge is 2.15. The number of nitrogens with one attached hydrogen (secondary N) is 1. The van der Waals surface area contributed by atoms with Crippen LogP contribution in [0.5, 0.6) is 0 Å². The second kappa shape index (κ2) is 8.46. The summed E-state index contributed by atoms with van der Waals surface area (Å²) in [5, 5.41) is 7.58. The quantitative estimate of drug-likeness (QED) is 0.440. The van der Waals surface area contributed by atoms with E-state index in [9.17, 15) is 9.59 Å². The molecule has 0 aliphatic rings. The fraction of sp³-hybridized carbons (Fsp3) is 0.0455. The van der Waals surface area contributed by atoms with Gasteiger partial charge < -0.3 is 5.73 Å². The number of carbonyl (C=O) groups is 2. The maximum Gasteiger partial charge on any atom is 0.258 e. The van der Waals surface area contributed by atoms with Gasteiger partial charge in [-0.15, -0.1) is 23.1 Å². The number of amides is 2. The SMILES string of the molecule is NC(=O)CSc1ccccc1C(=O)Nc1nc(-c2cccc3ccccc23)cs1. The van der Waals surface area contributed by atoms with E-state index in [4.69, 9.17) is 5.73 Å². The lowest BCUT2D eigenvalue weighted by atomic mass is 10.0. The maximum absolute atomic E-state index is 12.8. The Balaban J connectivity index is 1.57. The van der Waals surface area contributed by atoms with Gasteiger partial charge in [0.2, 0.25) is 5.91 Å². The first-order valence-electron chi connectivity index (χ1n) is 8.87. The van der Waals surface area contributed by atoms with Crippen molar-refractivity contribution in [2.45, 2.75) is 4.90 Å². The third kappa shape index (κ3) is 4.31. The molecule has 2 amide bonds. The predicted molar refractivity (Wildman–Crippen MR) is 119 cm³/mol. The second-order valence-corrected chi connectivity index (χ2v) is 8.15. The number of carbonyl (C=O) groups excluding carboxylic acids is 2. The van der Waals surface area contributed by atoms with Gasteiger partial charge in [-0.3, -0.25) is 14.9 Å². The van der Waals surface area contributed by atoms with Crippen molar-refractivity contribution >= 4 is 50.8 Å². The Kier molecular flexibility index (Phi) is 5.59. The van der Waals surface area contributed by atoms with Crippen LogP contribution in [0.25, 0.3) is 22.0 Å². The van der Waals surface area contributed by atoms with Gasteiger partial charge in [-0.25, -0.2) is 4.98 Å². The molecule has 0 bridgehead atoms. The lowest BCUT2D eigenvalue weighted by molar-refractivity contribution is -0.115. The van der Waals surface area contributed by atoms with Crippen LogP contribution in [0.1, 0.15) is 10.4 Å². The summed E-state index contributed by atoms with van der Waals surface area (Å²) in [7, 11) is 0. The first-order chi connectivity index (χ1) is 14.1. The summed E-state index contributed by atoms with van der Waals surface area (Å²) in [6.45, 7) is 0. The number of nitrogens with zero attached hydrogens (tertiary/aromatic N) is 1. The van der Waals surface area contributed by atoms with Crippen molar-refractivity contribution in [2.24, 2.45) is 5.73 Å². The molecule has 1 heterocycles. The first kappa shape index (κ1) is 19.2. The summed E-state index contributed by atoms with van der Waals surface area (Å²) in [5.41, 5.74) is 7.55. The van der Waals surface area contributed by atoms with Crippen LogP contribution in [-0.4, -0.2) is 22.6 Å². The van der Waals surface area contributed by atoms with E-state index in [1.165, 1.54) is 23.1 Å². The molecular formula is C22H17N3O2S2. The molecule has 29 heavy (non-hydrogen) atoms. The smallest absolute Gasteiger partial charge is 0.258 e. The molecule has 4 rings (SSSR count). The Morgan fingerprint density at radius 3 is 2.62 bits per heavy atom. The summed E-state index contributed by atoms with van der Waals surface area (Å²) in [4.78, 5) is 29.1. The summed E-state index contributed by atoms with van der Waals surface area (Å²) in [6.07, 6.45) is 0. The largest absolute Gasteiger partial charge is 0.369 e. The average molecular weight is 420 g/mol. The van der Waals surface area contributed by atoms with Crippen molar-refractivity contribution in [1.82, 2.24) is 4.98 Å². The molecule has 0 radical (unpaired) electrons. The number of fused-ring (bicyclic) bond motifs is 1. The lowest BCUT2D eigenvalue weighted by Crippen LogP contribution is -2.15. The van der Waals surface area contributed by atoms with Gasteiger partial charge in [-0.2, -0.15) is 0 Å². The molecule has 0 aliphatic heterocycles. The van der Waals surface area contributed by atoms with Crippen molar-refractivity contribution < 1.29 is 9.59 Å². The normalized spacial score (nSPS) is 10.8. The minimum absolute atomic E-state index is 0.118. The molecule has 0 saturated carbocycles. The highest BCUT2D eigenvalue weighted by atomic mass is 32.2. The molecule has 0 aliphatic carbocycles. The van der Waals surface area contributed by atoms with E-state index in [-0.39, 0.29) is 11.7 Å². The second-order valence-electron chi connectivity index (χ2n) is 6.27. The number of rotatable bonds is 6. The zero-order valence-corrected chi connectivity index (χ0v) is 16.9. The maximum atomic E-state index is 12.8. The Bertz CT molecular complexity index is 1200. The van der Waals surface area contributed by atoms with Gasteiger partial charge in [0.05, 0.1) is 17.0 Å². The summed E-state index contributed by atoms with van der Waals surface area (Å²) in [5.74, 6) is -0.575. The Morgan fingerprint density at radius 1 is 1.00 bits per heavy atom. The molecule has 3 aromatic carbocycles. The highest BCUT2D eigenvalue weighted by Crippen LogP contribution is 2.31. The molecule has 144 valence electrons. The molecular weight excluding hydrogens is 402 g/mol. The molecule has 4 aromatic rings. The summed E-state index contributed by atoms with van der Waals surface area (Å²) >= 11 is 2.62. The van der Waals surface area contributed by atoms with Gasteiger partial charge >= 0.3 is 0 Å². The van der Waals surface area contributed by atoms with E-state index >= 15 is 0 Å². The van der Waals surface area contributed by atoms with Crippen molar-refractivity contribution in [3.63, 3.8) is 0 Å². The van der Waals surface area contributed by atoms with E-state index in [1.807, 2.05) is 35.7 Å². The summed E-state index contributed by atoms with van der Waals surface area (Å²) < 4.78 is 0. The zero-order chi connectivity index (χ0) is 20.2. The van der Waals surface area contributed by atoms with Crippen LogP contribution >= 0.6 is 23.1 Å². The average Bonchev–Trinajstić information content (AvgIpc) is 3.20. The summed E-state index contributed by atoms with van der Waals surface area (Å²) in [6, 6.07) is 21.4. The van der Waals surface area contributed by atoms with E-state index in [0.29, 0.717) is 15.6 Å². The van der Waals surface area contributed by atoms with Crippen molar-refractivity contribution in [3.05, 3.63) is 77.7 Å². The van der Waals surface area contributed by atoms with E-state index in [1.54, 1.807) is 18.2 Å². The van der Waals surface area contributed by atoms with Crippen LogP contribution in [0.2, 0.25) is 0 Å². The molecule has 0 spiro atoms. The van der Waals surface area contributed by atoms with Gasteiger partial charge in [0.15, 0.2) is 5.13 Å². The van der Waals surface area contributed by atoms with Crippen molar-refractivity contribution in [1.29, 1.82) is 0 Å². The molecule has 0 atom stereocenters. The lowest BCUT2D eigenvalue weighted by Gasteiger charge is -2.07. The number of hydrogen-bond donors (Lipinski definition) is 2. The Morgan fingerprint density at radius 2 is 1.76 bits per heavy atom. The van der Waals surface area contributed by atoms with Gasteiger partial charge in [-0.1, -0.05) is 54.6 Å². The number of aromatic nitrogens is 1. The standard InChI is InChI=1S/C22H17N3O2S2/c23-20(26)13-28-19-11-4-3-9-17(19)21(27)25-22-24-18(12-29-22)16-10-5-7-14-6-1-2-8-15(14)16/h1-12H,13H2,(H2,23,26)(H,24,25,27). The third-order valence-corrected chi connectivity index (χ3v) is 6.15. The molecule has 1 aromatic heterocycles. The number of primary amides is 1. The van der Waals surface area contributed by atoms with E-state index < -0.39 is 5.91 Å². The number of benzene rings is 3. The first-order valence-corrected chi connectivity index (χ1v) is 10.7. The number of hydrogen-bond acceptors (Lipinski definition) is 5. The number of anilines is 1. The topological polar surface area (TPSA) is 85.1 Å². The van der Waals surface area contributed by atoms with Crippen LogP contribution in [0.4, 0.5) is 5.13 Å². The van der Waals surface area contributed by atoms with Crippen LogP contribution in [0.15, 0.2) is 77.0 Å². The van der Waals surface area contributed by atoms with Crippen LogP contribution < -0.4 is 11.1 Å².